The van der Waals surface area contributed by atoms with Crippen LogP contribution in [0.2, 0.25) is 5.02 Å². The van der Waals surface area contributed by atoms with E-state index in [4.69, 9.17) is 16.9 Å². The molecule has 0 bridgehead atoms. The summed E-state index contributed by atoms with van der Waals surface area (Å²) < 4.78 is 82.5. The molecule has 1 aromatic heterocycles. The zero-order chi connectivity index (χ0) is 27.5. The summed E-state index contributed by atoms with van der Waals surface area (Å²) >= 11 is 5.87. The molecule has 0 fully saturated rings. The maximum atomic E-state index is 14.0. The van der Waals surface area contributed by atoms with Crippen LogP contribution in [-0.2, 0) is 12.4 Å². The second kappa shape index (κ2) is 10.6. The number of nitrogens with one attached hydrogen (secondary N) is 3. The van der Waals surface area contributed by atoms with Crippen molar-refractivity contribution in [2.75, 3.05) is 11.9 Å². The highest BCUT2D eigenvalue weighted by Gasteiger charge is 2.39. The van der Waals surface area contributed by atoms with Crippen LogP contribution in [0.4, 0.5) is 32.0 Å². The van der Waals surface area contributed by atoms with Gasteiger partial charge in [-0.1, -0.05) is 23.7 Å². The fraction of sp³-hybridized carbons (Fsp3) is 0.160. The van der Waals surface area contributed by atoms with Gasteiger partial charge in [0.05, 0.1) is 34.6 Å². The Bertz CT molecular complexity index is 1470. The zero-order valence-electron chi connectivity index (χ0n) is 19.1. The summed E-state index contributed by atoms with van der Waals surface area (Å²) in [4.78, 5) is 11.4. The quantitative estimate of drug-likeness (QED) is 0.0827. The largest absolute Gasteiger partial charge is 0.416 e. The van der Waals surface area contributed by atoms with Gasteiger partial charge < -0.3 is 10.3 Å². The van der Waals surface area contributed by atoms with Crippen molar-refractivity contribution in [2.24, 2.45) is 4.99 Å². The van der Waals surface area contributed by atoms with E-state index in [1.165, 1.54) is 0 Å². The average molecular weight is 551 g/mol. The lowest BCUT2D eigenvalue weighted by Gasteiger charge is -2.21. The summed E-state index contributed by atoms with van der Waals surface area (Å²) in [6, 6.07) is 14.1. The summed E-state index contributed by atoms with van der Waals surface area (Å²) in [6.07, 6.45) is -8.17. The molecule has 1 atom stereocenters. The van der Waals surface area contributed by atoms with E-state index in [1.807, 2.05) is 0 Å². The van der Waals surface area contributed by atoms with Crippen molar-refractivity contribution in [2.45, 2.75) is 18.3 Å². The third kappa shape index (κ3) is 6.18. The number of aromatic amines is 1. The van der Waals surface area contributed by atoms with Crippen molar-refractivity contribution in [3.05, 3.63) is 94.3 Å². The number of alkyl halides is 6. The van der Waals surface area contributed by atoms with Gasteiger partial charge in [-0.25, -0.2) is 4.98 Å². The number of nitrogens with zero attached hydrogens (tertiary/aromatic N) is 3. The number of aliphatic imine (C=N–C) groups is 1. The smallest absolute Gasteiger partial charge is 0.341 e. The lowest BCUT2D eigenvalue weighted by atomic mass is 9.91. The van der Waals surface area contributed by atoms with Gasteiger partial charge in [0.25, 0.3) is 0 Å². The average Bonchev–Trinajstić information content (AvgIpc) is 3.28. The Balaban J connectivity index is 1.84. The van der Waals surface area contributed by atoms with Crippen LogP contribution in [0.3, 0.4) is 0 Å². The molecule has 3 N–H and O–H groups in total. The van der Waals surface area contributed by atoms with E-state index in [0.717, 1.165) is 0 Å². The van der Waals surface area contributed by atoms with E-state index >= 15 is 0 Å². The number of rotatable bonds is 5. The zero-order valence-corrected chi connectivity index (χ0v) is 19.9. The van der Waals surface area contributed by atoms with Crippen LogP contribution in [0.25, 0.3) is 11.0 Å². The number of hydrogen-bond acceptors (Lipinski definition) is 3. The molecule has 196 valence electrons. The van der Waals surface area contributed by atoms with Crippen LogP contribution >= 0.6 is 11.6 Å². The van der Waals surface area contributed by atoms with E-state index in [1.54, 1.807) is 54.7 Å². The Morgan fingerprint density at radius 3 is 2.34 bits per heavy atom. The molecule has 13 heteroatoms. The summed E-state index contributed by atoms with van der Waals surface area (Å²) in [6.45, 7) is -0.491. The van der Waals surface area contributed by atoms with Gasteiger partial charge in [-0.05, 0) is 60.2 Å². The molecular weight excluding hydrogens is 534 g/mol. The van der Waals surface area contributed by atoms with E-state index in [9.17, 15) is 26.3 Å². The highest BCUT2D eigenvalue weighted by Crippen LogP contribution is 2.41. The summed E-state index contributed by atoms with van der Waals surface area (Å²) in [7, 11) is 0. The maximum absolute atomic E-state index is 14.0. The first-order chi connectivity index (χ1) is 18.0. The van der Waals surface area contributed by atoms with E-state index in [-0.39, 0.29) is 11.8 Å². The third-order valence-corrected chi connectivity index (χ3v) is 5.76. The number of aromatic nitrogens is 2. The normalized spacial score (nSPS) is 13.3. The predicted octanol–water partition coefficient (Wildman–Crippen LogP) is 6.92. The molecule has 1 unspecified atom stereocenters. The first kappa shape index (κ1) is 26.8. The summed E-state index contributed by atoms with van der Waals surface area (Å²) in [5.74, 6) is -1.55. The maximum Gasteiger partial charge on any atom is 0.416 e. The number of halogens is 7. The molecule has 38 heavy (non-hydrogen) atoms. The Kier molecular flexibility index (Phi) is 7.50. The molecule has 1 heterocycles. The topological polar surface area (TPSA) is 88.9 Å². The number of anilines is 1. The highest BCUT2D eigenvalue weighted by atomic mass is 35.5. The lowest BCUT2D eigenvalue weighted by Crippen LogP contribution is -2.28. The van der Waals surface area contributed by atoms with Gasteiger partial charge in [0.1, 0.15) is 5.82 Å². The molecule has 0 aliphatic heterocycles. The van der Waals surface area contributed by atoms with Gasteiger partial charge in [-0.15, -0.1) is 0 Å². The number of hydrogen-bond donors (Lipinski definition) is 3. The van der Waals surface area contributed by atoms with E-state index in [2.05, 4.69) is 25.6 Å². The minimum absolute atomic E-state index is 0.0254. The van der Waals surface area contributed by atoms with Gasteiger partial charge in [0.2, 0.25) is 5.96 Å². The molecule has 0 aliphatic rings. The Hall–Kier alpha value is -4.24. The number of guanidine groups is 1. The van der Waals surface area contributed by atoms with Crippen LogP contribution in [0, 0.1) is 11.5 Å². The number of imidazole rings is 1. The molecule has 3 aromatic carbocycles. The van der Waals surface area contributed by atoms with Gasteiger partial charge in [-0.3, -0.25) is 10.3 Å². The molecule has 0 amide bonds. The molecule has 0 aliphatic carbocycles. The van der Waals surface area contributed by atoms with Crippen LogP contribution in [0.15, 0.2) is 71.7 Å². The SMILES string of the molecule is N#CNC(=NCC(c1nc2ccccc2[nH]1)c1cc(C(F)(F)F)ccc1C(F)(F)F)Nc1ccc(Cl)cc1. The molecule has 0 radical (unpaired) electrons. The van der Waals surface area contributed by atoms with Crippen molar-refractivity contribution >= 4 is 34.3 Å². The Morgan fingerprint density at radius 2 is 1.71 bits per heavy atom. The van der Waals surface area contributed by atoms with Gasteiger partial charge >= 0.3 is 12.4 Å². The fourth-order valence-corrected chi connectivity index (χ4v) is 3.90. The fourth-order valence-electron chi connectivity index (χ4n) is 3.77. The lowest BCUT2D eigenvalue weighted by molar-refractivity contribution is -0.142. The number of para-hydroxylation sites is 2. The molecule has 4 rings (SSSR count). The molecule has 0 spiro atoms. The standard InChI is InChI=1S/C25H17ClF6N6/c26-15-6-8-16(9-7-15)36-23(35-13-33)34-12-18(22-37-20-3-1-2-4-21(20)38-22)17-11-14(24(27,28)29)5-10-19(17)25(30,31)32/h1-11,18H,12H2,(H,37,38)(H2,34,35,36). The van der Waals surface area contributed by atoms with Crippen LogP contribution in [-0.4, -0.2) is 22.5 Å². The molecule has 0 saturated carbocycles. The number of benzene rings is 3. The van der Waals surface area contributed by atoms with Gasteiger partial charge in [0, 0.05) is 10.7 Å². The first-order valence-electron chi connectivity index (χ1n) is 10.9. The predicted molar refractivity (Wildman–Crippen MR) is 131 cm³/mol. The number of nitriles is 1. The number of fused-ring (bicyclic) bond motifs is 1. The monoisotopic (exact) mass is 550 g/mol. The van der Waals surface area contributed by atoms with Crippen molar-refractivity contribution in [1.29, 1.82) is 5.26 Å². The number of H-pyrrole nitrogens is 1. The van der Waals surface area contributed by atoms with E-state index in [0.29, 0.717) is 39.9 Å². The van der Waals surface area contributed by atoms with Crippen molar-refractivity contribution in [1.82, 2.24) is 15.3 Å². The highest BCUT2D eigenvalue weighted by molar-refractivity contribution is 6.30. The van der Waals surface area contributed by atoms with Crippen LogP contribution < -0.4 is 10.6 Å². The third-order valence-electron chi connectivity index (χ3n) is 5.51. The summed E-state index contributed by atoms with van der Waals surface area (Å²) in [5, 5.41) is 14.7. The molecule has 6 nitrogen and oxygen atoms in total. The van der Waals surface area contributed by atoms with Gasteiger partial charge in [-0.2, -0.15) is 31.6 Å². The Morgan fingerprint density at radius 1 is 1.00 bits per heavy atom. The first-order valence-corrected chi connectivity index (χ1v) is 11.3. The van der Waals surface area contributed by atoms with E-state index < -0.39 is 41.5 Å². The van der Waals surface area contributed by atoms with Crippen molar-refractivity contribution < 1.29 is 26.3 Å². The van der Waals surface area contributed by atoms with Crippen LogP contribution in [0.1, 0.15) is 28.4 Å². The molecule has 0 saturated heterocycles. The molecular formula is C25H17ClF6N6. The second-order valence-electron chi connectivity index (χ2n) is 8.05. The minimum atomic E-state index is -4.96. The van der Waals surface area contributed by atoms with Gasteiger partial charge in [0.15, 0.2) is 6.19 Å². The molecule has 4 aromatic rings. The second-order valence-corrected chi connectivity index (χ2v) is 8.48. The van der Waals surface area contributed by atoms with Crippen molar-refractivity contribution in [3.8, 4) is 6.19 Å². The summed E-state index contributed by atoms with van der Waals surface area (Å²) in [5.41, 5.74) is -1.84. The minimum Gasteiger partial charge on any atom is -0.341 e. The van der Waals surface area contributed by atoms with Crippen molar-refractivity contribution in [3.63, 3.8) is 0 Å². The van der Waals surface area contributed by atoms with Crippen LogP contribution in [0.5, 0.6) is 0 Å². The Labute approximate surface area is 217 Å².